The predicted octanol–water partition coefficient (Wildman–Crippen LogP) is 2.95. The molecular formula is C16H14F3N7. The lowest BCUT2D eigenvalue weighted by molar-refractivity contribution is -0.141. The van der Waals surface area contributed by atoms with E-state index in [4.69, 9.17) is 0 Å². The third kappa shape index (κ3) is 2.63. The Morgan fingerprint density at radius 3 is 2.73 bits per heavy atom. The van der Waals surface area contributed by atoms with Crippen molar-refractivity contribution in [1.82, 2.24) is 29.1 Å². The van der Waals surface area contributed by atoms with Crippen molar-refractivity contribution in [3.8, 4) is 0 Å². The highest BCUT2D eigenvalue weighted by Crippen LogP contribution is 2.29. The van der Waals surface area contributed by atoms with E-state index in [-0.39, 0.29) is 18.1 Å². The summed E-state index contributed by atoms with van der Waals surface area (Å²) in [6, 6.07) is 6.71. The van der Waals surface area contributed by atoms with Crippen LogP contribution >= 0.6 is 0 Å². The maximum Gasteiger partial charge on any atom is 0.433 e. The first-order valence-corrected chi connectivity index (χ1v) is 7.77. The summed E-state index contributed by atoms with van der Waals surface area (Å²) in [5.41, 5.74) is 1.87. The van der Waals surface area contributed by atoms with E-state index in [1.165, 1.54) is 4.52 Å². The van der Waals surface area contributed by atoms with Gasteiger partial charge in [0.15, 0.2) is 5.69 Å². The zero-order valence-electron chi connectivity index (χ0n) is 13.9. The SMILES string of the molecule is Cc1cccc2nc(CNc3cc(C(F)(F)F)nc4ncnn34)n(C)c12. The molecule has 0 atom stereocenters. The lowest BCUT2D eigenvalue weighted by Crippen LogP contribution is -2.14. The molecular weight excluding hydrogens is 347 g/mol. The lowest BCUT2D eigenvalue weighted by Gasteiger charge is -2.11. The van der Waals surface area contributed by atoms with Gasteiger partial charge in [-0.2, -0.15) is 27.8 Å². The minimum Gasteiger partial charge on any atom is -0.363 e. The number of fused-ring (bicyclic) bond motifs is 2. The Morgan fingerprint density at radius 1 is 1.19 bits per heavy atom. The van der Waals surface area contributed by atoms with E-state index < -0.39 is 11.9 Å². The Labute approximate surface area is 145 Å². The predicted molar refractivity (Wildman–Crippen MR) is 88.6 cm³/mol. The van der Waals surface area contributed by atoms with Crippen molar-refractivity contribution in [1.29, 1.82) is 0 Å². The summed E-state index contributed by atoms with van der Waals surface area (Å²) in [4.78, 5) is 11.8. The summed E-state index contributed by atoms with van der Waals surface area (Å²) >= 11 is 0. The van der Waals surface area contributed by atoms with Crippen LogP contribution in [0.25, 0.3) is 16.8 Å². The topological polar surface area (TPSA) is 72.9 Å². The number of anilines is 1. The quantitative estimate of drug-likeness (QED) is 0.607. The number of halogens is 3. The van der Waals surface area contributed by atoms with Crippen molar-refractivity contribution in [2.24, 2.45) is 7.05 Å². The van der Waals surface area contributed by atoms with Crippen LogP contribution < -0.4 is 5.32 Å². The van der Waals surface area contributed by atoms with E-state index in [1.54, 1.807) is 0 Å². The molecule has 1 aromatic carbocycles. The van der Waals surface area contributed by atoms with Gasteiger partial charge in [-0.05, 0) is 18.6 Å². The smallest absolute Gasteiger partial charge is 0.363 e. The Kier molecular flexibility index (Phi) is 3.56. The summed E-state index contributed by atoms with van der Waals surface area (Å²) in [5.74, 6) is 0.708. The molecule has 0 radical (unpaired) electrons. The van der Waals surface area contributed by atoms with Crippen LogP contribution in [-0.4, -0.2) is 29.1 Å². The first-order valence-electron chi connectivity index (χ1n) is 7.77. The number of nitrogens with zero attached hydrogens (tertiary/aromatic N) is 6. The maximum absolute atomic E-state index is 13.0. The second kappa shape index (κ2) is 5.68. The van der Waals surface area contributed by atoms with Gasteiger partial charge in [-0.1, -0.05) is 12.1 Å². The summed E-state index contributed by atoms with van der Waals surface area (Å²) in [6.07, 6.45) is -3.41. The Morgan fingerprint density at radius 2 is 2.00 bits per heavy atom. The third-order valence-corrected chi connectivity index (χ3v) is 4.16. The number of rotatable bonds is 3. The number of hydrogen-bond donors (Lipinski definition) is 1. The second-order valence-corrected chi connectivity index (χ2v) is 5.88. The van der Waals surface area contributed by atoms with Gasteiger partial charge in [0.2, 0.25) is 0 Å². The van der Waals surface area contributed by atoms with E-state index in [1.807, 2.05) is 36.7 Å². The second-order valence-electron chi connectivity index (χ2n) is 5.88. The molecule has 1 N–H and O–H groups in total. The van der Waals surface area contributed by atoms with E-state index in [0.717, 1.165) is 29.0 Å². The van der Waals surface area contributed by atoms with E-state index in [2.05, 4.69) is 25.4 Å². The van der Waals surface area contributed by atoms with Gasteiger partial charge in [-0.3, -0.25) is 0 Å². The molecule has 0 unspecified atom stereocenters. The Balaban J connectivity index is 1.71. The first kappa shape index (κ1) is 16.3. The molecule has 26 heavy (non-hydrogen) atoms. The number of aromatic nitrogens is 6. The molecule has 0 aliphatic rings. The van der Waals surface area contributed by atoms with Gasteiger partial charge < -0.3 is 9.88 Å². The summed E-state index contributed by atoms with van der Waals surface area (Å²) < 4.78 is 42.3. The van der Waals surface area contributed by atoms with Crippen LogP contribution in [0.15, 0.2) is 30.6 Å². The molecule has 0 amide bonds. The molecule has 0 saturated carbocycles. The average molecular weight is 361 g/mol. The van der Waals surface area contributed by atoms with Gasteiger partial charge in [0.05, 0.1) is 17.6 Å². The normalized spacial score (nSPS) is 12.2. The average Bonchev–Trinajstić information content (AvgIpc) is 3.17. The van der Waals surface area contributed by atoms with Crippen LogP contribution in [0.5, 0.6) is 0 Å². The van der Waals surface area contributed by atoms with Crippen LogP contribution in [0, 0.1) is 6.92 Å². The van der Waals surface area contributed by atoms with Crippen molar-refractivity contribution in [3.05, 3.63) is 47.7 Å². The highest BCUT2D eigenvalue weighted by Gasteiger charge is 2.34. The van der Waals surface area contributed by atoms with Gasteiger partial charge in [0, 0.05) is 13.1 Å². The summed E-state index contributed by atoms with van der Waals surface area (Å²) in [5, 5.41) is 6.88. The van der Waals surface area contributed by atoms with Crippen molar-refractivity contribution in [2.45, 2.75) is 19.6 Å². The van der Waals surface area contributed by atoms with Gasteiger partial charge in [0.25, 0.3) is 5.78 Å². The molecule has 0 bridgehead atoms. The fraction of sp³-hybridized carbons (Fsp3) is 0.250. The maximum atomic E-state index is 13.0. The van der Waals surface area contributed by atoms with Crippen molar-refractivity contribution in [3.63, 3.8) is 0 Å². The molecule has 4 rings (SSSR count). The van der Waals surface area contributed by atoms with Crippen LogP contribution in [-0.2, 0) is 19.8 Å². The van der Waals surface area contributed by atoms with Gasteiger partial charge >= 0.3 is 6.18 Å². The minimum absolute atomic E-state index is 0.122. The standard InChI is InChI=1S/C16H14F3N7/c1-9-4-3-5-10-14(9)25(2)13(23-10)7-20-12-6-11(16(17,18)19)24-15-21-8-22-26(12)15/h3-6,8,20H,7H2,1-2H3. The van der Waals surface area contributed by atoms with E-state index in [9.17, 15) is 13.2 Å². The number of hydrogen-bond acceptors (Lipinski definition) is 5. The van der Waals surface area contributed by atoms with Crippen molar-refractivity contribution < 1.29 is 13.2 Å². The largest absolute Gasteiger partial charge is 0.433 e. The molecule has 134 valence electrons. The number of aryl methyl sites for hydroxylation is 2. The molecule has 10 heteroatoms. The van der Waals surface area contributed by atoms with E-state index in [0.29, 0.717) is 5.82 Å². The minimum atomic E-state index is -4.57. The zero-order valence-corrected chi connectivity index (χ0v) is 13.9. The highest BCUT2D eigenvalue weighted by atomic mass is 19.4. The first-order chi connectivity index (χ1) is 12.3. The molecule has 0 aliphatic heterocycles. The Bertz CT molecular complexity index is 1110. The zero-order chi connectivity index (χ0) is 18.5. The summed E-state index contributed by atoms with van der Waals surface area (Å²) in [7, 11) is 1.87. The molecule has 3 heterocycles. The molecule has 3 aromatic heterocycles. The van der Waals surface area contributed by atoms with Gasteiger partial charge in [0.1, 0.15) is 18.0 Å². The third-order valence-electron chi connectivity index (χ3n) is 4.16. The fourth-order valence-electron chi connectivity index (χ4n) is 2.92. The number of imidazole rings is 1. The highest BCUT2D eigenvalue weighted by molar-refractivity contribution is 5.79. The molecule has 0 spiro atoms. The van der Waals surface area contributed by atoms with E-state index >= 15 is 0 Å². The van der Waals surface area contributed by atoms with Crippen LogP contribution in [0.3, 0.4) is 0 Å². The fourth-order valence-corrected chi connectivity index (χ4v) is 2.92. The number of nitrogens with one attached hydrogen (secondary N) is 1. The van der Waals surface area contributed by atoms with Gasteiger partial charge in [-0.25, -0.2) is 9.97 Å². The molecule has 0 saturated heterocycles. The molecule has 7 nitrogen and oxygen atoms in total. The Hall–Kier alpha value is -3.17. The van der Waals surface area contributed by atoms with Crippen LogP contribution in [0.2, 0.25) is 0 Å². The number of alkyl halides is 3. The molecule has 4 aromatic rings. The van der Waals surface area contributed by atoms with Crippen LogP contribution in [0.1, 0.15) is 17.1 Å². The summed E-state index contributed by atoms with van der Waals surface area (Å²) in [6.45, 7) is 2.21. The van der Waals surface area contributed by atoms with Crippen molar-refractivity contribution in [2.75, 3.05) is 5.32 Å². The van der Waals surface area contributed by atoms with Gasteiger partial charge in [-0.15, -0.1) is 0 Å². The monoisotopic (exact) mass is 361 g/mol. The number of para-hydroxylation sites is 1. The number of benzene rings is 1. The van der Waals surface area contributed by atoms with Crippen LogP contribution in [0.4, 0.5) is 19.0 Å². The van der Waals surface area contributed by atoms with Crippen molar-refractivity contribution >= 4 is 22.6 Å². The molecule has 0 fully saturated rings. The molecule has 0 aliphatic carbocycles. The lowest BCUT2D eigenvalue weighted by atomic mass is 10.2.